The van der Waals surface area contributed by atoms with Gasteiger partial charge in [-0.3, -0.25) is 4.90 Å². The summed E-state index contributed by atoms with van der Waals surface area (Å²) < 4.78 is 5.39. The Kier molecular flexibility index (Phi) is 4.57. The van der Waals surface area contributed by atoms with E-state index in [-0.39, 0.29) is 0 Å². The summed E-state index contributed by atoms with van der Waals surface area (Å²) in [6.45, 7) is 4.21. The molecule has 1 atom stereocenters. The van der Waals surface area contributed by atoms with Gasteiger partial charge in [0.2, 0.25) is 0 Å². The Labute approximate surface area is 171 Å². The van der Waals surface area contributed by atoms with Gasteiger partial charge in [-0.1, -0.05) is 36.4 Å². The molecule has 0 saturated carbocycles. The van der Waals surface area contributed by atoms with Gasteiger partial charge in [-0.15, -0.1) is 0 Å². The molecule has 146 valence electrons. The van der Waals surface area contributed by atoms with Gasteiger partial charge in [0.05, 0.1) is 18.1 Å². The molecule has 4 heteroatoms. The van der Waals surface area contributed by atoms with Crippen LogP contribution in [-0.2, 0) is 19.5 Å². The Hall–Kier alpha value is -3.11. The summed E-state index contributed by atoms with van der Waals surface area (Å²) in [6, 6.07) is 23.8. The second kappa shape index (κ2) is 7.37. The lowest BCUT2D eigenvalue weighted by Crippen LogP contribution is -2.37. The van der Waals surface area contributed by atoms with Crippen molar-refractivity contribution in [2.45, 2.75) is 32.5 Å². The molecule has 0 saturated heterocycles. The summed E-state index contributed by atoms with van der Waals surface area (Å²) in [5.74, 6) is 1.88. The van der Waals surface area contributed by atoms with E-state index < -0.39 is 0 Å². The molecule has 0 amide bonds. The first-order valence-electron chi connectivity index (χ1n) is 10.1. The fourth-order valence-electron chi connectivity index (χ4n) is 4.25. The molecule has 0 aliphatic carbocycles. The first-order valence-corrected chi connectivity index (χ1v) is 10.1. The first kappa shape index (κ1) is 18.0. The summed E-state index contributed by atoms with van der Waals surface area (Å²) in [4.78, 5) is 10.7. The van der Waals surface area contributed by atoms with Crippen molar-refractivity contribution in [3.63, 3.8) is 0 Å². The van der Waals surface area contributed by atoms with Gasteiger partial charge < -0.3 is 9.72 Å². The average molecular weight is 383 g/mol. The molecule has 2 heterocycles. The van der Waals surface area contributed by atoms with E-state index in [2.05, 4.69) is 65.3 Å². The predicted molar refractivity (Wildman–Crippen MR) is 117 cm³/mol. The molecule has 1 aromatic heterocycles. The van der Waals surface area contributed by atoms with Crippen LogP contribution in [0.25, 0.3) is 22.4 Å². The van der Waals surface area contributed by atoms with E-state index in [0.717, 1.165) is 47.7 Å². The second-order valence-corrected chi connectivity index (χ2v) is 7.90. The fraction of sp³-hybridized carbons (Fsp3) is 0.240. The van der Waals surface area contributed by atoms with Crippen LogP contribution in [0.1, 0.15) is 23.6 Å². The third-order valence-electron chi connectivity index (χ3n) is 5.90. The maximum absolute atomic E-state index is 5.39. The minimum atomic E-state index is 0.490. The highest BCUT2D eigenvalue weighted by molar-refractivity contribution is 5.79. The average Bonchev–Trinajstić information content (AvgIpc) is 3.18. The number of rotatable bonds is 4. The third-order valence-corrected chi connectivity index (χ3v) is 5.90. The molecule has 1 aliphatic rings. The van der Waals surface area contributed by atoms with Crippen LogP contribution < -0.4 is 4.74 Å². The molecule has 0 bridgehead atoms. The number of nitrogens with zero attached hydrogens (tertiary/aromatic N) is 2. The number of para-hydroxylation sites is 2. The predicted octanol–water partition coefficient (Wildman–Crippen LogP) is 5.19. The highest BCUT2D eigenvalue weighted by Gasteiger charge is 2.23. The minimum Gasteiger partial charge on any atom is -0.497 e. The van der Waals surface area contributed by atoms with Crippen molar-refractivity contribution < 1.29 is 4.74 Å². The van der Waals surface area contributed by atoms with Crippen LogP contribution in [0.3, 0.4) is 0 Å². The Bertz CT molecular complexity index is 1130. The molecular formula is C25H25N3O. The summed E-state index contributed by atoms with van der Waals surface area (Å²) in [7, 11) is 1.73. The third kappa shape index (κ3) is 3.52. The molecule has 4 nitrogen and oxygen atoms in total. The first-order chi connectivity index (χ1) is 14.2. The van der Waals surface area contributed by atoms with Crippen LogP contribution >= 0.6 is 0 Å². The quantitative estimate of drug-likeness (QED) is 0.528. The highest BCUT2D eigenvalue weighted by Crippen LogP contribution is 2.29. The number of aromatic nitrogens is 2. The van der Waals surface area contributed by atoms with E-state index in [0.29, 0.717) is 6.04 Å². The fourth-order valence-corrected chi connectivity index (χ4v) is 4.25. The van der Waals surface area contributed by atoms with Gasteiger partial charge in [-0.2, -0.15) is 0 Å². The zero-order chi connectivity index (χ0) is 19.8. The van der Waals surface area contributed by atoms with E-state index >= 15 is 0 Å². The maximum atomic E-state index is 5.39. The normalized spacial score (nSPS) is 16.7. The van der Waals surface area contributed by atoms with E-state index in [1.165, 1.54) is 16.7 Å². The summed E-state index contributed by atoms with van der Waals surface area (Å²) in [5.41, 5.74) is 7.33. The van der Waals surface area contributed by atoms with Crippen LogP contribution in [-0.4, -0.2) is 28.0 Å². The van der Waals surface area contributed by atoms with Crippen molar-refractivity contribution in [1.82, 2.24) is 14.9 Å². The number of imidazole rings is 1. The molecule has 4 aromatic rings. The Balaban J connectivity index is 1.38. The lowest BCUT2D eigenvalue weighted by molar-refractivity contribution is 0.175. The molecular weight excluding hydrogens is 358 g/mol. The molecule has 0 radical (unpaired) electrons. The largest absolute Gasteiger partial charge is 0.497 e. The Morgan fingerprint density at radius 1 is 1.03 bits per heavy atom. The van der Waals surface area contributed by atoms with Crippen LogP contribution in [0, 0.1) is 0 Å². The number of hydrogen-bond donors (Lipinski definition) is 1. The smallest absolute Gasteiger partial charge is 0.138 e. The molecule has 1 N–H and O–H groups in total. The van der Waals surface area contributed by atoms with Gasteiger partial charge in [0.15, 0.2) is 0 Å². The van der Waals surface area contributed by atoms with Crippen molar-refractivity contribution >= 4 is 11.0 Å². The van der Waals surface area contributed by atoms with Crippen LogP contribution in [0.5, 0.6) is 5.75 Å². The number of ether oxygens (including phenoxy) is 1. The summed E-state index contributed by atoms with van der Waals surface area (Å²) >= 11 is 0. The molecule has 0 fully saturated rings. The van der Waals surface area contributed by atoms with Crippen LogP contribution in [0.2, 0.25) is 0 Å². The molecule has 29 heavy (non-hydrogen) atoms. The second-order valence-electron chi connectivity index (χ2n) is 7.90. The number of benzene rings is 3. The molecule has 5 rings (SSSR count). The number of methoxy groups -OCH3 is 1. The Morgan fingerprint density at radius 2 is 1.93 bits per heavy atom. The van der Waals surface area contributed by atoms with Crippen LogP contribution in [0.4, 0.5) is 0 Å². The maximum Gasteiger partial charge on any atom is 0.138 e. The van der Waals surface area contributed by atoms with Crippen molar-refractivity contribution in [3.8, 4) is 17.1 Å². The zero-order valence-electron chi connectivity index (χ0n) is 16.9. The number of nitrogens with one attached hydrogen (secondary N) is 1. The van der Waals surface area contributed by atoms with Crippen molar-refractivity contribution in [1.29, 1.82) is 0 Å². The number of H-pyrrole nitrogens is 1. The molecule has 1 aliphatic heterocycles. The van der Waals surface area contributed by atoms with E-state index in [4.69, 9.17) is 9.72 Å². The van der Waals surface area contributed by atoms with Gasteiger partial charge in [-0.25, -0.2) is 4.98 Å². The van der Waals surface area contributed by atoms with Gasteiger partial charge >= 0.3 is 0 Å². The molecule has 1 unspecified atom stereocenters. The van der Waals surface area contributed by atoms with Crippen LogP contribution in [0.15, 0.2) is 66.7 Å². The highest BCUT2D eigenvalue weighted by atomic mass is 16.5. The SMILES string of the molecule is COc1ccc2c(c1)CC(C)N(Cc1cccc(-c3nc4ccccc4[nH]3)c1)C2. The standard InChI is InChI=1S/C25H25N3O/c1-17-12-21-14-22(29-2)11-10-20(21)16-28(17)15-18-6-5-7-19(13-18)25-26-23-8-3-4-9-24(23)27-25/h3-11,13-14,17H,12,15-16H2,1-2H3,(H,26,27). The molecule has 3 aromatic carbocycles. The van der Waals surface area contributed by atoms with E-state index in [1.54, 1.807) is 7.11 Å². The molecule has 0 spiro atoms. The van der Waals surface area contributed by atoms with Gasteiger partial charge in [0.1, 0.15) is 11.6 Å². The van der Waals surface area contributed by atoms with Gasteiger partial charge in [-0.05, 0) is 60.4 Å². The number of hydrogen-bond acceptors (Lipinski definition) is 3. The minimum absolute atomic E-state index is 0.490. The van der Waals surface area contributed by atoms with Crippen molar-refractivity contribution in [3.05, 3.63) is 83.4 Å². The zero-order valence-corrected chi connectivity index (χ0v) is 16.9. The number of aromatic amines is 1. The lowest BCUT2D eigenvalue weighted by Gasteiger charge is -2.35. The Morgan fingerprint density at radius 3 is 2.79 bits per heavy atom. The van der Waals surface area contributed by atoms with Gasteiger partial charge in [0, 0.05) is 24.7 Å². The number of fused-ring (bicyclic) bond motifs is 2. The van der Waals surface area contributed by atoms with Gasteiger partial charge in [0.25, 0.3) is 0 Å². The lowest BCUT2D eigenvalue weighted by atomic mass is 9.94. The van der Waals surface area contributed by atoms with E-state index in [9.17, 15) is 0 Å². The van der Waals surface area contributed by atoms with E-state index in [1.807, 2.05) is 18.2 Å². The monoisotopic (exact) mass is 383 g/mol. The van der Waals surface area contributed by atoms with Crippen molar-refractivity contribution in [2.24, 2.45) is 0 Å². The van der Waals surface area contributed by atoms with Crippen molar-refractivity contribution in [2.75, 3.05) is 7.11 Å². The summed E-state index contributed by atoms with van der Waals surface area (Å²) in [5, 5.41) is 0. The summed E-state index contributed by atoms with van der Waals surface area (Å²) in [6.07, 6.45) is 1.05. The topological polar surface area (TPSA) is 41.1 Å².